The molecule has 0 aliphatic rings. The summed E-state index contributed by atoms with van der Waals surface area (Å²) in [5.41, 5.74) is 0.829. The number of thioether (sulfide) groups is 1. The monoisotopic (exact) mass is 421 g/mol. The van der Waals surface area contributed by atoms with E-state index >= 15 is 0 Å². The maximum Gasteiger partial charge on any atom is 0.398 e. The summed E-state index contributed by atoms with van der Waals surface area (Å²) >= 11 is 6.38. The highest BCUT2D eigenvalue weighted by molar-refractivity contribution is 8.15. The van der Waals surface area contributed by atoms with Crippen LogP contribution in [0.5, 0.6) is 0 Å². The molecule has 0 N–H and O–H groups in total. The first kappa shape index (κ1) is 21.0. The van der Waals surface area contributed by atoms with Crippen molar-refractivity contribution in [1.29, 1.82) is 0 Å². The summed E-state index contributed by atoms with van der Waals surface area (Å²) in [6, 6.07) is 3.43. The topological polar surface area (TPSA) is 72.6 Å². The molecule has 2 heterocycles. The summed E-state index contributed by atoms with van der Waals surface area (Å²) in [5, 5.41) is 7.10. The number of anilines is 1. The second-order valence-electron chi connectivity index (χ2n) is 4.99. The quantitative estimate of drug-likeness (QED) is 0.419. The third-order valence-corrected chi connectivity index (χ3v) is 4.41. The molecule has 7 nitrogen and oxygen atoms in total. The first-order valence-corrected chi connectivity index (χ1v) is 8.91. The number of amides is 1. The van der Waals surface area contributed by atoms with Crippen molar-refractivity contribution in [1.82, 2.24) is 14.8 Å². The molecule has 2 aromatic rings. The third kappa shape index (κ3) is 5.60. The van der Waals surface area contributed by atoms with Gasteiger partial charge in [-0.2, -0.15) is 18.3 Å². The van der Waals surface area contributed by atoms with Crippen molar-refractivity contribution in [3.8, 4) is 5.69 Å². The highest BCUT2D eigenvalue weighted by Gasteiger charge is 2.32. The molecule has 12 heteroatoms. The Kier molecular flexibility index (Phi) is 7.08. The molecule has 27 heavy (non-hydrogen) atoms. The molecule has 146 valence electrons. The summed E-state index contributed by atoms with van der Waals surface area (Å²) in [4.78, 5) is 22.4. The lowest BCUT2D eigenvalue weighted by Gasteiger charge is -2.20. The Morgan fingerprint density at radius 2 is 2.22 bits per heavy atom. The van der Waals surface area contributed by atoms with Gasteiger partial charge in [0.25, 0.3) is 5.91 Å². The second kappa shape index (κ2) is 9.09. The maximum absolute atomic E-state index is 12.7. The molecule has 1 amide bonds. The minimum Gasteiger partial charge on any atom is -0.398 e. The fraction of sp³-hybridized carbons (Fsp3) is 0.333. The van der Waals surface area contributed by atoms with E-state index in [1.165, 1.54) is 15.8 Å². The van der Waals surface area contributed by atoms with Gasteiger partial charge < -0.3 is 9.74 Å². The Bertz CT molecular complexity index is 814. The van der Waals surface area contributed by atoms with E-state index < -0.39 is 22.9 Å². The van der Waals surface area contributed by atoms with Crippen molar-refractivity contribution in [2.24, 2.45) is 5.16 Å². The van der Waals surface area contributed by atoms with Gasteiger partial charge in [-0.3, -0.25) is 9.78 Å². The summed E-state index contributed by atoms with van der Waals surface area (Å²) in [5.74, 6) is -2.05. The van der Waals surface area contributed by atoms with Crippen LogP contribution in [0.4, 0.5) is 18.9 Å². The molecule has 0 unspecified atom stereocenters. The lowest BCUT2D eigenvalue weighted by molar-refractivity contribution is -0.112. The van der Waals surface area contributed by atoms with E-state index in [2.05, 4.69) is 20.1 Å². The minimum absolute atomic E-state index is 0.00615. The van der Waals surface area contributed by atoms with Crippen LogP contribution < -0.4 is 4.90 Å². The van der Waals surface area contributed by atoms with E-state index in [9.17, 15) is 18.0 Å². The number of pyridine rings is 1. The summed E-state index contributed by atoms with van der Waals surface area (Å²) in [6.45, 7) is 1.78. The Morgan fingerprint density at radius 1 is 1.48 bits per heavy atom. The summed E-state index contributed by atoms with van der Waals surface area (Å²) in [6.07, 6.45) is 0.157. The van der Waals surface area contributed by atoms with Gasteiger partial charge in [-0.25, -0.2) is 4.68 Å². The Balaban J connectivity index is 2.30. The smallest absolute Gasteiger partial charge is 0.398 e. The van der Waals surface area contributed by atoms with Crippen molar-refractivity contribution in [2.75, 3.05) is 24.3 Å². The molecule has 0 radical (unpaired) electrons. The lowest BCUT2D eigenvalue weighted by atomic mass is 10.4. The van der Waals surface area contributed by atoms with Crippen molar-refractivity contribution in [2.45, 2.75) is 13.1 Å². The van der Waals surface area contributed by atoms with Crippen molar-refractivity contribution < 1.29 is 22.8 Å². The zero-order chi connectivity index (χ0) is 20.0. The zero-order valence-electron chi connectivity index (χ0n) is 14.3. The number of carbonyl (C=O) groups is 1. The van der Waals surface area contributed by atoms with Crippen molar-refractivity contribution in [3.63, 3.8) is 0 Å². The van der Waals surface area contributed by atoms with Gasteiger partial charge >= 0.3 is 6.18 Å². The summed E-state index contributed by atoms with van der Waals surface area (Å²) in [7, 11) is 1.14. The molecule has 0 aliphatic heterocycles. The van der Waals surface area contributed by atoms with Crippen LogP contribution in [0.25, 0.3) is 5.69 Å². The highest BCUT2D eigenvalue weighted by Crippen LogP contribution is 2.28. The van der Waals surface area contributed by atoms with Crippen LogP contribution in [0.3, 0.4) is 0 Å². The number of oxime groups is 1. The van der Waals surface area contributed by atoms with E-state index in [1.807, 2.05) is 0 Å². The van der Waals surface area contributed by atoms with Gasteiger partial charge in [0.2, 0.25) is 5.04 Å². The first-order chi connectivity index (χ1) is 12.8. The van der Waals surface area contributed by atoms with Crippen LogP contribution in [0.1, 0.15) is 6.92 Å². The predicted octanol–water partition coefficient (Wildman–Crippen LogP) is 3.53. The largest absolute Gasteiger partial charge is 0.398 e. The minimum atomic E-state index is -4.46. The van der Waals surface area contributed by atoms with E-state index in [0.29, 0.717) is 5.69 Å². The number of carbonyl (C=O) groups excluding carboxylic acids is 1. The molecule has 0 bridgehead atoms. The Labute approximate surface area is 162 Å². The first-order valence-electron chi connectivity index (χ1n) is 7.55. The number of nitrogens with zero attached hydrogens (tertiary/aromatic N) is 5. The van der Waals surface area contributed by atoms with Crippen LogP contribution in [0.15, 0.2) is 35.9 Å². The SMILES string of the molecule is CCN(C(=O)C(=NOC)SCC(F)(F)F)c1cn(-c2cccnc2)nc1Cl. The molecule has 0 saturated heterocycles. The van der Waals surface area contributed by atoms with E-state index in [-0.39, 0.29) is 29.1 Å². The third-order valence-electron chi connectivity index (χ3n) is 3.14. The van der Waals surface area contributed by atoms with Crippen LogP contribution in [0, 0.1) is 0 Å². The number of alkyl halides is 3. The van der Waals surface area contributed by atoms with Gasteiger partial charge in [0.15, 0.2) is 5.15 Å². The van der Waals surface area contributed by atoms with Gasteiger partial charge in [0.1, 0.15) is 12.8 Å². The predicted molar refractivity (Wildman–Crippen MR) is 97.4 cm³/mol. The summed E-state index contributed by atoms with van der Waals surface area (Å²) < 4.78 is 38.9. The lowest BCUT2D eigenvalue weighted by Crippen LogP contribution is -2.36. The van der Waals surface area contributed by atoms with E-state index in [1.54, 1.807) is 31.5 Å². The standard InChI is InChI=1S/C15H15ClF3N5O2S/c1-3-23(14(25)13(22-26-2)27-9-15(17,18)19)11-8-24(21-12(11)16)10-5-4-6-20-7-10/h4-8H,3,9H2,1-2H3. The average molecular weight is 422 g/mol. The average Bonchev–Trinajstić information content (AvgIpc) is 3.01. The fourth-order valence-corrected chi connectivity index (χ4v) is 2.94. The Morgan fingerprint density at radius 3 is 2.78 bits per heavy atom. The fourth-order valence-electron chi connectivity index (χ4n) is 2.05. The van der Waals surface area contributed by atoms with Gasteiger partial charge in [-0.15, -0.1) is 0 Å². The van der Waals surface area contributed by atoms with Crippen LogP contribution in [-0.4, -0.2) is 51.3 Å². The molecule has 0 aliphatic carbocycles. The highest BCUT2D eigenvalue weighted by atomic mass is 35.5. The van der Waals surface area contributed by atoms with Crippen molar-refractivity contribution >= 4 is 40.0 Å². The molecule has 2 rings (SSSR count). The maximum atomic E-state index is 12.7. The molecular formula is C15H15ClF3N5O2S. The molecule has 0 spiro atoms. The van der Waals surface area contributed by atoms with Gasteiger partial charge in [-0.1, -0.05) is 28.5 Å². The molecule has 0 aromatic carbocycles. The molecule has 0 fully saturated rings. The van der Waals surface area contributed by atoms with E-state index in [4.69, 9.17) is 11.6 Å². The van der Waals surface area contributed by atoms with E-state index in [0.717, 1.165) is 7.11 Å². The van der Waals surface area contributed by atoms with Crippen molar-refractivity contribution in [3.05, 3.63) is 35.9 Å². The zero-order valence-corrected chi connectivity index (χ0v) is 15.8. The normalized spacial score (nSPS) is 12.1. The number of halogens is 4. The molecular weight excluding hydrogens is 407 g/mol. The number of hydrogen-bond donors (Lipinski definition) is 0. The second-order valence-corrected chi connectivity index (χ2v) is 6.32. The van der Waals surface area contributed by atoms with Crippen LogP contribution in [0.2, 0.25) is 5.15 Å². The van der Waals surface area contributed by atoms with Crippen LogP contribution in [-0.2, 0) is 9.63 Å². The Hall–Kier alpha value is -2.27. The molecule has 2 aromatic heterocycles. The molecule has 0 atom stereocenters. The van der Waals surface area contributed by atoms with Crippen LogP contribution >= 0.6 is 23.4 Å². The van der Waals surface area contributed by atoms with Gasteiger partial charge in [-0.05, 0) is 19.1 Å². The number of aromatic nitrogens is 3. The van der Waals surface area contributed by atoms with Gasteiger partial charge in [0, 0.05) is 12.7 Å². The number of rotatable bonds is 5. The van der Waals surface area contributed by atoms with Gasteiger partial charge in [0.05, 0.1) is 23.8 Å². The number of hydrogen-bond acceptors (Lipinski definition) is 6. The molecule has 0 saturated carbocycles.